The molecule has 1 aromatic carbocycles. The first-order valence-electron chi connectivity index (χ1n) is 7.22. The third-order valence-electron chi connectivity index (χ3n) is 3.60. The van der Waals surface area contributed by atoms with E-state index in [1.54, 1.807) is 28.5 Å². The molecule has 3 rings (SSSR count). The summed E-state index contributed by atoms with van der Waals surface area (Å²) < 4.78 is 6.82. The average molecular weight is 353 g/mol. The molecule has 1 fully saturated rings. The number of halogens is 1. The highest BCUT2D eigenvalue weighted by atomic mass is 35.5. The Bertz CT molecular complexity index is 694. The number of hydrogen-bond donors (Lipinski definition) is 0. The van der Waals surface area contributed by atoms with Crippen molar-refractivity contribution in [1.29, 1.82) is 0 Å². The summed E-state index contributed by atoms with van der Waals surface area (Å²) in [6.07, 6.45) is 1.87. The first-order chi connectivity index (χ1) is 11.2. The molecule has 1 aliphatic rings. The molecule has 0 saturated carbocycles. The number of aromatic nitrogens is 3. The van der Waals surface area contributed by atoms with E-state index in [2.05, 4.69) is 10.3 Å². The molecular weight excluding hydrogens is 336 g/mol. The van der Waals surface area contributed by atoms with Crippen molar-refractivity contribution in [1.82, 2.24) is 19.9 Å². The molecule has 1 aliphatic heterocycles. The summed E-state index contributed by atoms with van der Waals surface area (Å²) in [7, 11) is 1.63. The van der Waals surface area contributed by atoms with E-state index in [9.17, 15) is 4.79 Å². The minimum atomic E-state index is -0.0994. The molecule has 1 amide bonds. The Balaban J connectivity index is 1.73. The number of ether oxygens (including phenoxy) is 1. The van der Waals surface area contributed by atoms with Crippen molar-refractivity contribution in [3.05, 3.63) is 46.7 Å². The Morgan fingerprint density at radius 2 is 2.26 bits per heavy atom. The lowest BCUT2D eigenvalue weighted by Crippen LogP contribution is -2.31. The van der Waals surface area contributed by atoms with Crippen molar-refractivity contribution in [2.24, 2.45) is 0 Å². The van der Waals surface area contributed by atoms with E-state index in [1.807, 2.05) is 30.5 Å². The zero-order valence-electron chi connectivity index (χ0n) is 12.7. The lowest BCUT2D eigenvalue weighted by atomic mass is 10.2. The number of nitrogens with zero attached hydrogens (tertiary/aromatic N) is 4. The van der Waals surface area contributed by atoms with Gasteiger partial charge in [-0.3, -0.25) is 4.79 Å². The maximum atomic E-state index is 12.0. The van der Waals surface area contributed by atoms with E-state index in [0.29, 0.717) is 30.5 Å². The largest absolute Gasteiger partial charge is 0.383 e. The summed E-state index contributed by atoms with van der Waals surface area (Å²) >= 11 is 7.74. The summed E-state index contributed by atoms with van der Waals surface area (Å²) in [6.45, 7) is 1.62. The fraction of sp³-hybridized carbons (Fsp3) is 0.400. The predicted octanol–water partition coefficient (Wildman–Crippen LogP) is 2.20. The van der Waals surface area contributed by atoms with Gasteiger partial charge < -0.3 is 9.64 Å². The summed E-state index contributed by atoms with van der Waals surface area (Å²) in [5.41, 5.74) is 1.76. The quantitative estimate of drug-likeness (QED) is 0.797. The minimum absolute atomic E-state index is 0.0994. The van der Waals surface area contributed by atoms with Gasteiger partial charge in [-0.25, -0.2) is 4.68 Å². The van der Waals surface area contributed by atoms with Crippen LogP contribution in [-0.4, -0.2) is 51.8 Å². The van der Waals surface area contributed by atoms with Crippen molar-refractivity contribution in [3.63, 3.8) is 0 Å². The highest BCUT2D eigenvalue weighted by molar-refractivity contribution is 8.00. The molecule has 23 heavy (non-hydrogen) atoms. The van der Waals surface area contributed by atoms with Gasteiger partial charge in [0.2, 0.25) is 5.91 Å². The van der Waals surface area contributed by atoms with Crippen molar-refractivity contribution >= 4 is 29.3 Å². The lowest BCUT2D eigenvalue weighted by molar-refractivity contribution is -0.128. The number of methoxy groups -OCH3 is 1. The van der Waals surface area contributed by atoms with Gasteiger partial charge in [0.05, 0.1) is 25.1 Å². The van der Waals surface area contributed by atoms with Gasteiger partial charge in [-0.2, -0.15) is 0 Å². The Labute approximate surface area is 143 Å². The van der Waals surface area contributed by atoms with Crippen molar-refractivity contribution in [2.45, 2.75) is 11.9 Å². The van der Waals surface area contributed by atoms with E-state index < -0.39 is 0 Å². The molecule has 1 aromatic heterocycles. The molecule has 0 N–H and O–H groups in total. The molecule has 8 heteroatoms. The fourth-order valence-corrected chi connectivity index (χ4v) is 3.78. The highest BCUT2D eigenvalue weighted by Gasteiger charge is 2.34. The van der Waals surface area contributed by atoms with Crippen molar-refractivity contribution < 1.29 is 9.53 Å². The molecule has 1 atom stereocenters. The molecule has 0 radical (unpaired) electrons. The summed E-state index contributed by atoms with van der Waals surface area (Å²) in [6, 6.07) is 7.65. The maximum absolute atomic E-state index is 12.0. The van der Waals surface area contributed by atoms with E-state index in [-0.39, 0.29) is 11.3 Å². The van der Waals surface area contributed by atoms with Crippen molar-refractivity contribution in [3.8, 4) is 0 Å². The van der Waals surface area contributed by atoms with E-state index >= 15 is 0 Å². The second-order valence-electron chi connectivity index (χ2n) is 5.18. The van der Waals surface area contributed by atoms with Crippen molar-refractivity contribution in [2.75, 3.05) is 26.0 Å². The van der Waals surface area contributed by atoms with Crippen LogP contribution in [0.4, 0.5) is 0 Å². The number of thioether (sulfide) groups is 1. The first kappa shape index (κ1) is 16.3. The van der Waals surface area contributed by atoms with Crippen LogP contribution in [0, 0.1) is 0 Å². The number of amides is 1. The first-order valence-corrected chi connectivity index (χ1v) is 8.65. The molecular formula is C15H17ClN4O2S. The highest BCUT2D eigenvalue weighted by Crippen LogP contribution is 2.37. The van der Waals surface area contributed by atoms with Gasteiger partial charge in [0.15, 0.2) is 0 Å². The Hall–Kier alpha value is -1.57. The Morgan fingerprint density at radius 3 is 3.04 bits per heavy atom. The van der Waals surface area contributed by atoms with Crippen LogP contribution >= 0.6 is 23.4 Å². The van der Waals surface area contributed by atoms with Crippen LogP contribution < -0.4 is 0 Å². The number of rotatable bonds is 6. The minimum Gasteiger partial charge on any atom is -0.383 e. The SMILES string of the molecule is COCCN1C(=O)CS[C@H]1c1cn(Cc2ccccc2Cl)nn1. The van der Waals surface area contributed by atoms with Crippen LogP contribution in [0.15, 0.2) is 30.5 Å². The topological polar surface area (TPSA) is 60.2 Å². The number of carbonyl (C=O) groups is 1. The molecule has 2 heterocycles. The third kappa shape index (κ3) is 3.68. The fourth-order valence-electron chi connectivity index (χ4n) is 2.44. The zero-order valence-corrected chi connectivity index (χ0v) is 14.3. The summed E-state index contributed by atoms with van der Waals surface area (Å²) in [5, 5.41) is 9.00. The lowest BCUT2D eigenvalue weighted by Gasteiger charge is -2.21. The number of benzene rings is 1. The summed E-state index contributed by atoms with van der Waals surface area (Å²) in [5.74, 6) is 0.573. The van der Waals surface area contributed by atoms with Gasteiger partial charge in [0.1, 0.15) is 11.1 Å². The maximum Gasteiger partial charge on any atom is 0.233 e. The molecule has 2 aromatic rings. The molecule has 6 nitrogen and oxygen atoms in total. The van der Waals surface area contributed by atoms with Crippen LogP contribution in [0.3, 0.4) is 0 Å². The van der Waals surface area contributed by atoms with Crippen LogP contribution in [0.1, 0.15) is 16.6 Å². The number of carbonyl (C=O) groups excluding carboxylic acids is 1. The van der Waals surface area contributed by atoms with E-state index in [1.165, 1.54) is 0 Å². The Kier molecular flexibility index (Phi) is 5.20. The smallest absolute Gasteiger partial charge is 0.233 e. The van der Waals surface area contributed by atoms with Crippen LogP contribution in [0.5, 0.6) is 0 Å². The number of hydrogen-bond acceptors (Lipinski definition) is 5. The second-order valence-corrected chi connectivity index (χ2v) is 6.65. The van der Waals surface area contributed by atoms with Gasteiger partial charge in [0, 0.05) is 18.7 Å². The third-order valence-corrected chi connectivity index (χ3v) is 5.20. The molecule has 0 aliphatic carbocycles. The van der Waals surface area contributed by atoms with Gasteiger partial charge in [-0.1, -0.05) is 35.0 Å². The standard InChI is InChI=1S/C15H17ClN4O2S/c1-22-7-6-20-14(21)10-23-15(20)13-9-19(18-17-13)8-11-4-2-3-5-12(11)16/h2-5,9,15H,6-8,10H2,1H3/t15-/m0/s1. The van der Waals surface area contributed by atoms with Crippen LogP contribution in [0.2, 0.25) is 5.02 Å². The van der Waals surface area contributed by atoms with E-state index in [4.69, 9.17) is 16.3 Å². The zero-order chi connectivity index (χ0) is 16.2. The van der Waals surface area contributed by atoms with Crippen LogP contribution in [0.25, 0.3) is 0 Å². The molecule has 0 spiro atoms. The molecule has 122 valence electrons. The molecule has 0 bridgehead atoms. The van der Waals surface area contributed by atoms with Gasteiger partial charge in [0.25, 0.3) is 0 Å². The molecule has 1 saturated heterocycles. The molecule has 0 unspecified atom stereocenters. The normalized spacial score (nSPS) is 17.9. The van der Waals surface area contributed by atoms with Gasteiger partial charge in [-0.05, 0) is 11.6 Å². The summed E-state index contributed by atoms with van der Waals surface area (Å²) in [4.78, 5) is 13.8. The van der Waals surface area contributed by atoms with Gasteiger partial charge in [-0.15, -0.1) is 16.9 Å². The van der Waals surface area contributed by atoms with E-state index in [0.717, 1.165) is 11.3 Å². The van der Waals surface area contributed by atoms with Crippen LogP contribution in [-0.2, 0) is 16.1 Å². The Morgan fingerprint density at radius 1 is 1.43 bits per heavy atom. The second kappa shape index (κ2) is 7.33. The van der Waals surface area contributed by atoms with Gasteiger partial charge >= 0.3 is 0 Å². The predicted molar refractivity (Wildman–Crippen MR) is 89.4 cm³/mol. The average Bonchev–Trinajstić information content (AvgIpc) is 3.14. The monoisotopic (exact) mass is 352 g/mol.